The van der Waals surface area contributed by atoms with Gasteiger partial charge in [0, 0.05) is 29.2 Å². The van der Waals surface area contributed by atoms with Gasteiger partial charge >= 0.3 is 0 Å². The Kier molecular flexibility index (Phi) is 5.99. The van der Waals surface area contributed by atoms with E-state index in [0.717, 1.165) is 24.9 Å². The molecular formula is C17H17Cl3N4O. The monoisotopic (exact) mass is 398 g/mol. The third kappa shape index (κ3) is 4.54. The highest BCUT2D eigenvalue weighted by Crippen LogP contribution is 2.25. The van der Waals surface area contributed by atoms with Crippen LogP contribution in [-0.2, 0) is 11.2 Å². The van der Waals surface area contributed by atoms with Crippen LogP contribution in [0.4, 0.5) is 5.82 Å². The van der Waals surface area contributed by atoms with E-state index in [9.17, 15) is 4.79 Å². The van der Waals surface area contributed by atoms with Gasteiger partial charge in [0.1, 0.15) is 23.3 Å². The molecule has 0 radical (unpaired) electrons. The van der Waals surface area contributed by atoms with Crippen molar-refractivity contribution in [1.82, 2.24) is 15.3 Å². The number of halogens is 3. The van der Waals surface area contributed by atoms with Crippen LogP contribution in [0.3, 0.4) is 0 Å². The van der Waals surface area contributed by atoms with Gasteiger partial charge in [0.15, 0.2) is 0 Å². The highest BCUT2D eigenvalue weighted by Gasteiger charge is 2.31. The fraction of sp³-hybridized carbons (Fsp3) is 0.353. The lowest BCUT2D eigenvalue weighted by Gasteiger charge is -2.24. The third-order valence-electron chi connectivity index (χ3n) is 4.18. The Morgan fingerprint density at radius 1 is 1.24 bits per heavy atom. The molecular weight excluding hydrogens is 383 g/mol. The van der Waals surface area contributed by atoms with Crippen molar-refractivity contribution in [1.29, 1.82) is 0 Å². The van der Waals surface area contributed by atoms with Crippen LogP contribution in [0.2, 0.25) is 15.2 Å². The second-order valence-electron chi connectivity index (χ2n) is 5.83. The van der Waals surface area contributed by atoms with Crippen molar-refractivity contribution in [3.8, 4) is 0 Å². The summed E-state index contributed by atoms with van der Waals surface area (Å²) in [7, 11) is 0. The number of nitrogens with zero attached hydrogens (tertiary/aromatic N) is 3. The minimum atomic E-state index is -0.244. The van der Waals surface area contributed by atoms with E-state index in [-0.39, 0.29) is 11.9 Å². The molecule has 1 aliphatic rings. The number of anilines is 1. The molecule has 1 aliphatic heterocycles. The van der Waals surface area contributed by atoms with Gasteiger partial charge in [0.25, 0.3) is 0 Å². The third-order valence-corrected chi connectivity index (χ3v) is 4.97. The number of nitrogens with one attached hydrogen (secondary N) is 1. The molecule has 0 unspecified atom stereocenters. The molecule has 0 saturated carbocycles. The Bertz CT molecular complexity index is 771. The van der Waals surface area contributed by atoms with Crippen molar-refractivity contribution in [2.75, 3.05) is 18.0 Å². The summed E-state index contributed by atoms with van der Waals surface area (Å²) < 4.78 is 0. The van der Waals surface area contributed by atoms with E-state index in [0.29, 0.717) is 34.0 Å². The first kappa shape index (κ1) is 18.2. The highest BCUT2D eigenvalue weighted by atomic mass is 35.5. The predicted molar refractivity (Wildman–Crippen MR) is 101 cm³/mol. The number of hydrogen-bond acceptors (Lipinski definition) is 4. The van der Waals surface area contributed by atoms with Gasteiger partial charge in [0.05, 0.1) is 0 Å². The van der Waals surface area contributed by atoms with Gasteiger partial charge in [0.2, 0.25) is 5.91 Å². The first-order chi connectivity index (χ1) is 12.0. The van der Waals surface area contributed by atoms with Gasteiger partial charge in [-0.05, 0) is 37.0 Å². The molecule has 132 valence electrons. The van der Waals surface area contributed by atoms with Crippen LogP contribution in [0, 0.1) is 0 Å². The van der Waals surface area contributed by atoms with Crippen molar-refractivity contribution >= 4 is 46.5 Å². The molecule has 1 fully saturated rings. The smallest absolute Gasteiger partial charge is 0.242 e. The largest absolute Gasteiger partial charge is 0.354 e. The first-order valence-corrected chi connectivity index (χ1v) is 9.14. The normalized spacial score (nSPS) is 16.9. The lowest BCUT2D eigenvalue weighted by molar-refractivity contribution is -0.122. The molecule has 1 N–H and O–H groups in total. The van der Waals surface area contributed by atoms with Gasteiger partial charge < -0.3 is 10.2 Å². The molecule has 2 heterocycles. The summed E-state index contributed by atoms with van der Waals surface area (Å²) in [4.78, 5) is 22.6. The SMILES string of the molecule is O=C(NCCc1ccc(Cl)cc1Cl)[C@@H]1CCCN1c1cc(Cl)ncn1. The number of hydrogen-bond donors (Lipinski definition) is 1. The maximum Gasteiger partial charge on any atom is 0.242 e. The van der Waals surface area contributed by atoms with Gasteiger partial charge in [-0.15, -0.1) is 0 Å². The van der Waals surface area contributed by atoms with E-state index in [1.54, 1.807) is 18.2 Å². The van der Waals surface area contributed by atoms with Crippen LogP contribution in [0.15, 0.2) is 30.6 Å². The van der Waals surface area contributed by atoms with Crippen molar-refractivity contribution < 1.29 is 4.79 Å². The van der Waals surface area contributed by atoms with E-state index in [1.807, 2.05) is 11.0 Å². The summed E-state index contributed by atoms with van der Waals surface area (Å²) in [6, 6.07) is 6.81. The van der Waals surface area contributed by atoms with E-state index in [2.05, 4.69) is 15.3 Å². The summed E-state index contributed by atoms with van der Waals surface area (Å²) in [6.07, 6.45) is 3.78. The number of aromatic nitrogens is 2. The number of carbonyl (C=O) groups excluding carboxylic acids is 1. The van der Waals surface area contributed by atoms with E-state index >= 15 is 0 Å². The zero-order valence-corrected chi connectivity index (χ0v) is 15.7. The van der Waals surface area contributed by atoms with Crippen molar-refractivity contribution in [3.05, 3.63) is 51.4 Å². The van der Waals surface area contributed by atoms with Crippen LogP contribution >= 0.6 is 34.8 Å². The van der Waals surface area contributed by atoms with Gasteiger partial charge in [-0.3, -0.25) is 4.79 Å². The summed E-state index contributed by atoms with van der Waals surface area (Å²) >= 11 is 18.0. The van der Waals surface area contributed by atoms with Gasteiger partial charge in [-0.25, -0.2) is 9.97 Å². The van der Waals surface area contributed by atoms with Gasteiger partial charge in [-0.1, -0.05) is 40.9 Å². The highest BCUT2D eigenvalue weighted by molar-refractivity contribution is 6.35. The molecule has 1 atom stereocenters. The summed E-state index contributed by atoms with van der Waals surface area (Å²) in [6.45, 7) is 1.28. The van der Waals surface area contributed by atoms with E-state index < -0.39 is 0 Å². The zero-order chi connectivity index (χ0) is 17.8. The minimum absolute atomic E-state index is 0.0164. The zero-order valence-electron chi connectivity index (χ0n) is 13.4. The van der Waals surface area contributed by atoms with Crippen LogP contribution < -0.4 is 10.2 Å². The minimum Gasteiger partial charge on any atom is -0.354 e. The fourth-order valence-corrected chi connectivity index (χ4v) is 3.60. The topological polar surface area (TPSA) is 58.1 Å². The predicted octanol–water partition coefficient (Wildman–Crippen LogP) is 3.76. The molecule has 8 heteroatoms. The standard InChI is InChI=1S/C17H17Cl3N4O/c18-12-4-3-11(13(19)8-12)5-6-21-17(25)14-2-1-7-24(14)16-9-15(20)22-10-23-16/h3-4,8-10,14H,1-2,5-7H2,(H,21,25)/t14-/m0/s1. The van der Waals surface area contributed by atoms with Crippen molar-refractivity contribution in [3.63, 3.8) is 0 Å². The Morgan fingerprint density at radius 3 is 2.84 bits per heavy atom. The lowest BCUT2D eigenvalue weighted by atomic mass is 10.1. The molecule has 3 rings (SSSR count). The maximum atomic E-state index is 12.6. The average molecular weight is 400 g/mol. The average Bonchev–Trinajstić information content (AvgIpc) is 3.06. The molecule has 1 saturated heterocycles. The van der Waals surface area contributed by atoms with Crippen LogP contribution in [0.25, 0.3) is 0 Å². The summed E-state index contributed by atoms with van der Waals surface area (Å²) in [5.74, 6) is 0.663. The summed E-state index contributed by atoms with van der Waals surface area (Å²) in [5, 5.41) is 4.56. The molecule has 2 aromatic rings. The van der Waals surface area contributed by atoms with E-state index in [1.165, 1.54) is 6.33 Å². The second-order valence-corrected chi connectivity index (χ2v) is 7.06. The van der Waals surface area contributed by atoms with Crippen LogP contribution in [-0.4, -0.2) is 35.0 Å². The quantitative estimate of drug-likeness (QED) is 0.778. The molecule has 1 aromatic carbocycles. The Balaban J connectivity index is 1.58. The molecule has 0 spiro atoms. The fourth-order valence-electron chi connectivity index (χ4n) is 2.96. The maximum absolute atomic E-state index is 12.6. The number of benzene rings is 1. The van der Waals surface area contributed by atoms with Crippen molar-refractivity contribution in [2.45, 2.75) is 25.3 Å². The Hall–Kier alpha value is -1.56. The first-order valence-electron chi connectivity index (χ1n) is 8.00. The number of amides is 1. The summed E-state index contributed by atoms with van der Waals surface area (Å²) in [5.41, 5.74) is 0.956. The number of rotatable bonds is 5. The van der Waals surface area contributed by atoms with Crippen molar-refractivity contribution in [2.24, 2.45) is 0 Å². The van der Waals surface area contributed by atoms with Crippen LogP contribution in [0.5, 0.6) is 0 Å². The van der Waals surface area contributed by atoms with Crippen LogP contribution in [0.1, 0.15) is 18.4 Å². The molecule has 1 amide bonds. The van der Waals surface area contributed by atoms with Gasteiger partial charge in [-0.2, -0.15) is 0 Å². The molecule has 5 nitrogen and oxygen atoms in total. The molecule has 0 aliphatic carbocycles. The number of carbonyl (C=O) groups is 1. The van der Waals surface area contributed by atoms with E-state index in [4.69, 9.17) is 34.8 Å². The Morgan fingerprint density at radius 2 is 2.08 bits per heavy atom. The molecule has 0 bridgehead atoms. The second kappa shape index (κ2) is 8.21. The Labute approximate surface area is 161 Å². The lowest BCUT2D eigenvalue weighted by Crippen LogP contribution is -2.44. The molecule has 25 heavy (non-hydrogen) atoms. The molecule has 1 aromatic heterocycles.